The summed E-state index contributed by atoms with van der Waals surface area (Å²) in [5.41, 5.74) is 5.68. The third-order valence-electron chi connectivity index (χ3n) is 4.93. The molecule has 1 saturated carbocycles. The standard InChI is InChI=1S/C18H36N2O/c1-16(2)11-7-3-6-10-14-20-17(21)18(15-19)12-8-4-5-9-13-18/h16H,3-15,19H2,1-2H3,(H,20,21). The minimum Gasteiger partial charge on any atom is -0.356 e. The van der Waals surface area contributed by atoms with E-state index in [1.54, 1.807) is 0 Å². The first-order valence-corrected chi connectivity index (χ1v) is 9.09. The van der Waals surface area contributed by atoms with Crippen LogP contribution < -0.4 is 11.1 Å². The molecule has 3 heteroatoms. The minimum absolute atomic E-state index is 0.217. The van der Waals surface area contributed by atoms with Crippen molar-refractivity contribution in [2.75, 3.05) is 13.1 Å². The van der Waals surface area contributed by atoms with Crippen molar-refractivity contribution in [3.8, 4) is 0 Å². The highest BCUT2D eigenvalue weighted by molar-refractivity contribution is 5.82. The summed E-state index contributed by atoms with van der Waals surface area (Å²) in [7, 11) is 0. The smallest absolute Gasteiger partial charge is 0.227 e. The molecular formula is C18H36N2O. The van der Waals surface area contributed by atoms with Crippen molar-refractivity contribution in [1.82, 2.24) is 5.32 Å². The van der Waals surface area contributed by atoms with Crippen molar-refractivity contribution in [2.45, 2.75) is 84.5 Å². The lowest BCUT2D eigenvalue weighted by molar-refractivity contribution is -0.131. The Kier molecular flexibility index (Phi) is 8.98. The van der Waals surface area contributed by atoms with Gasteiger partial charge in [-0.05, 0) is 25.2 Å². The Bertz CT molecular complexity index is 281. The summed E-state index contributed by atoms with van der Waals surface area (Å²) in [6.07, 6.45) is 13.0. The summed E-state index contributed by atoms with van der Waals surface area (Å²) in [5, 5.41) is 3.15. The highest BCUT2D eigenvalue weighted by Crippen LogP contribution is 2.34. The number of nitrogens with two attached hydrogens (primary N) is 1. The monoisotopic (exact) mass is 296 g/mol. The summed E-state index contributed by atoms with van der Waals surface area (Å²) < 4.78 is 0. The number of unbranched alkanes of at least 4 members (excludes halogenated alkanes) is 3. The van der Waals surface area contributed by atoms with Crippen LogP contribution in [0.2, 0.25) is 0 Å². The van der Waals surface area contributed by atoms with Crippen molar-refractivity contribution < 1.29 is 4.79 Å². The zero-order valence-corrected chi connectivity index (χ0v) is 14.3. The molecule has 1 aliphatic rings. The Labute approximate surface area is 131 Å². The number of nitrogens with one attached hydrogen (secondary N) is 1. The Hall–Kier alpha value is -0.570. The molecule has 3 nitrogen and oxygen atoms in total. The van der Waals surface area contributed by atoms with Crippen molar-refractivity contribution in [1.29, 1.82) is 0 Å². The number of rotatable bonds is 9. The van der Waals surface area contributed by atoms with E-state index in [2.05, 4.69) is 19.2 Å². The minimum atomic E-state index is -0.270. The predicted octanol–water partition coefficient (Wildman–Crippen LogP) is 4.01. The van der Waals surface area contributed by atoms with Crippen LogP contribution >= 0.6 is 0 Å². The number of hydrogen-bond donors (Lipinski definition) is 2. The van der Waals surface area contributed by atoms with Crippen LogP contribution in [0.25, 0.3) is 0 Å². The van der Waals surface area contributed by atoms with E-state index in [9.17, 15) is 4.79 Å². The van der Waals surface area contributed by atoms with E-state index in [4.69, 9.17) is 5.73 Å². The van der Waals surface area contributed by atoms with Crippen molar-refractivity contribution >= 4 is 5.91 Å². The molecule has 3 N–H and O–H groups in total. The average molecular weight is 296 g/mol. The summed E-state index contributed by atoms with van der Waals surface area (Å²) in [4.78, 5) is 12.5. The lowest BCUT2D eigenvalue weighted by atomic mass is 9.79. The maximum absolute atomic E-state index is 12.5. The van der Waals surface area contributed by atoms with Gasteiger partial charge in [0.05, 0.1) is 5.41 Å². The van der Waals surface area contributed by atoms with Gasteiger partial charge in [-0.2, -0.15) is 0 Å². The molecule has 0 aromatic heterocycles. The molecule has 0 aromatic rings. The van der Waals surface area contributed by atoms with Gasteiger partial charge < -0.3 is 11.1 Å². The van der Waals surface area contributed by atoms with Gasteiger partial charge in [0.1, 0.15) is 0 Å². The predicted molar refractivity (Wildman–Crippen MR) is 90.1 cm³/mol. The molecule has 1 fully saturated rings. The molecule has 0 unspecified atom stereocenters. The van der Waals surface area contributed by atoms with Crippen molar-refractivity contribution in [3.05, 3.63) is 0 Å². The molecule has 1 amide bonds. The van der Waals surface area contributed by atoms with E-state index in [1.807, 2.05) is 0 Å². The molecule has 0 heterocycles. The fourth-order valence-corrected chi connectivity index (χ4v) is 3.35. The highest BCUT2D eigenvalue weighted by atomic mass is 16.2. The van der Waals surface area contributed by atoms with E-state index >= 15 is 0 Å². The maximum Gasteiger partial charge on any atom is 0.227 e. The second kappa shape index (κ2) is 10.2. The third kappa shape index (κ3) is 6.82. The fourth-order valence-electron chi connectivity index (χ4n) is 3.35. The molecule has 124 valence electrons. The molecule has 0 aromatic carbocycles. The quantitative estimate of drug-likeness (QED) is 0.499. The van der Waals surface area contributed by atoms with Crippen LogP contribution in [0.5, 0.6) is 0 Å². The van der Waals surface area contributed by atoms with Gasteiger partial charge in [-0.1, -0.05) is 65.2 Å². The van der Waals surface area contributed by atoms with E-state index < -0.39 is 0 Å². The topological polar surface area (TPSA) is 55.1 Å². The van der Waals surface area contributed by atoms with Gasteiger partial charge in [-0.15, -0.1) is 0 Å². The molecule has 0 radical (unpaired) electrons. The van der Waals surface area contributed by atoms with Crippen LogP contribution in [-0.2, 0) is 4.79 Å². The second-order valence-electron chi connectivity index (χ2n) is 7.25. The molecule has 0 atom stereocenters. The molecule has 0 bridgehead atoms. The number of hydrogen-bond acceptors (Lipinski definition) is 2. The Morgan fingerprint density at radius 2 is 1.67 bits per heavy atom. The van der Waals surface area contributed by atoms with E-state index in [0.717, 1.165) is 44.6 Å². The van der Waals surface area contributed by atoms with Gasteiger partial charge >= 0.3 is 0 Å². The second-order valence-corrected chi connectivity index (χ2v) is 7.25. The van der Waals surface area contributed by atoms with Crippen molar-refractivity contribution in [2.24, 2.45) is 17.1 Å². The van der Waals surface area contributed by atoms with Gasteiger partial charge in [0.15, 0.2) is 0 Å². The maximum atomic E-state index is 12.5. The van der Waals surface area contributed by atoms with Gasteiger partial charge in [-0.3, -0.25) is 4.79 Å². The third-order valence-corrected chi connectivity index (χ3v) is 4.93. The van der Waals surface area contributed by atoms with Crippen LogP contribution in [0.15, 0.2) is 0 Å². The Balaban J connectivity index is 2.19. The summed E-state index contributed by atoms with van der Waals surface area (Å²) in [5.74, 6) is 1.03. The van der Waals surface area contributed by atoms with Crippen LogP contribution in [0.3, 0.4) is 0 Å². The summed E-state index contributed by atoms with van der Waals surface area (Å²) >= 11 is 0. The van der Waals surface area contributed by atoms with Gasteiger partial charge in [0.2, 0.25) is 5.91 Å². The van der Waals surface area contributed by atoms with Gasteiger partial charge in [0.25, 0.3) is 0 Å². The average Bonchev–Trinajstić information content (AvgIpc) is 2.72. The molecule has 1 aliphatic carbocycles. The lowest BCUT2D eigenvalue weighted by Gasteiger charge is -2.29. The fraction of sp³-hybridized carbons (Fsp3) is 0.944. The van der Waals surface area contributed by atoms with Gasteiger partial charge in [0, 0.05) is 13.1 Å². The SMILES string of the molecule is CC(C)CCCCCCNC(=O)C1(CN)CCCCCC1. The first-order valence-electron chi connectivity index (χ1n) is 9.09. The molecule has 0 spiro atoms. The van der Waals surface area contributed by atoms with E-state index in [1.165, 1.54) is 38.5 Å². The number of amides is 1. The summed E-state index contributed by atoms with van der Waals surface area (Å²) in [6.45, 7) is 5.88. The van der Waals surface area contributed by atoms with E-state index in [0.29, 0.717) is 6.54 Å². The Morgan fingerprint density at radius 3 is 2.24 bits per heavy atom. The van der Waals surface area contributed by atoms with E-state index in [-0.39, 0.29) is 11.3 Å². The normalized spacial score (nSPS) is 18.5. The number of carbonyl (C=O) groups is 1. The zero-order chi connectivity index (χ0) is 15.6. The van der Waals surface area contributed by atoms with Crippen molar-refractivity contribution in [3.63, 3.8) is 0 Å². The zero-order valence-electron chi connectivity index (χ0n) is 14.3. The Morgan fingerprint density at radius 1 is 1.05 bits per heavy atom. The first-order chi connectivity index (χ1) is 10.1. The largest absolute Gasteiger partial charge is 0.356 e. The summed E-state index contributed by atoms with van der Waals surface area (Å²) in [6, 6.07) is 0. The van der Waals surface area contributed by atoms with Crippen LogP contribution in [0.1, 0.15) is 84.5 Å². The molecule has 0 aliphatic heterocycles. The van der Waals surface area contributed by atoms with Crippen LogP contribution in [0.4, 0.5) is 0 Å². The number of carbonyl (C=O) groups excluding carboxylic acids is 1. The molecule has 0 saturated heterocycles. The molecule has 21 heavy (non-hydrogen) atoms. The van der Waals surface area contributed by atoms with Crippen LogP contribution in [-0.4, -0.2) is 19.0 Å². The highest BCUT2D eigenvalue weighted by Gasteiger charge is 2.36. The van der Waals surface area contributed by atoms with Crippen LogP contribution in [0, 0.1) is 11.3 Å². The molecular weight excluding hydrogens is 260 g/mol. The van der Waals surface area contributed by atoms with Gasteiger partial charge in [-0.25, -0.2) is 0 Å². The first kappa shape index (κ1) is 18.5. The lowest BCUT2D eigenvalue weighted by Crippen LogP contribution is -2.46. The molecule has 1 rings (SSSR count).